The van der Waals surface area contributed by atoms with Gasteiger partial charge in [-0.25, -0.2) is 4.39 Å². The molecule has 0 aliphatic heterocycles. The van der Waals surface area contributed by atoms with Crippen LogP contribution >= 0.6 is 0 Å². The van der Waals surface area contributed by atoms with E-state index in [4.69, 9.17) is 5.73 Å². The Kier molecular flexibility index (Phi) is 6.25. The summed E-state index contributed by atoms with van der Waals surface area (Å²) in [5.41, 5.74) is 7.34. The molecule has 108 valence electrons. The highest BCUT2D eigenvalue weighted by Crippen LogP contribution is 2.26. The first kappa shape index (κ1) is 15.9. The van der Waals surface area contributed by atoms with Crippen molar-refractivity contribution in [1.82, 2.24) is 4.90 Å². The summed E-state index contributed by atoms with van der Waals surface area (Å²) < 4.78 is 14.2. The zero-order valence-corrected chi connectivity index (χ0v) is 12.5. The lowest BCUT2D eigenvalue weighted by Gasteiger charge is -2.33. The lowest BCUT2D eigenvalue weighted by atomic mass is 10.1. The van der Waals surface area contributed by atoms with Crippen molar-refractivity contribution >= 4 is 5.69 Å². The van der Waals surface area contributed by atoms with Crippen LogP contribution in [-0.4, -0.2) is 44.7 Å². The molecule has 2 N–H and O–H groups in total. The fraction of sp³-hybridized carbons (Fsp3) is 0.600. The van der Waals surface area contributed by atoms with Crippen molar-refractivity contribution < 1.29 is 4.39 Å². The summed E-state index contributed by atoms with van der Waals surface area (Å²) in [5, 5.41) is 0. The van der Waals surface area contributed by atoms with Crippen LogP contribution < -0.4 is 10.6 Å². The summed E-state index contributed by atoms with van der Waals surface area (Å²) in [6.45, 7) is 6.40. The van der Waals surface area contributed by atoms with E-state index in [1.165, 1.54) is 6.07 Å². The zero-order chi connectivity index (χ0) is 14.4. The molecule has 4 heteroatoms. The van der Waals surface area contributed by atoms with E-state index in [1.807, 2.05) is 20.2 Å². The van der Waals surface area contributed by atoms with Gasteiger partial charge in [0.05, 0.1) is 5.69 Å². The van der Waals surface area contributed by atoms with E-state index in [2.05, 4.69) is 23.6 Å². The molecule has 0 saturated carbocycles. The smallest absolute Gasteiger partial charge is 0.146 e. The first-order valence-electron chi connectivity index (χ1n) is 6.90. The van der Waals surface area contributed by atoms with Crippen LogP contribution in [0.25, 0.3) is 0 Å². The first-order valence-corrected chi connectivity index (χ1v) is 6.90. The third-order valence-corrected chi connectivity index (χ3v) is 3.27. The molecule has 0 amide bonds. The third-order valence-electron chi connectivity index (χ3n) is 3.27. The lowest BCUT2D eigenvalue weighted by molar-refractivity contribution is 0.371. The molecule has 1 rings (SSSR count). The normalized spacial score (nSPS) is 12.8. The Bertz CT molecular complexity index is 393. The molecular formula is C15H26FN3. The standard InChI is InChI=1S/C15H26FN3/c1-5-19(12(2)11-18(3)4)15-13(9-10-17)7-6-8-14(15)16/h6-8,12H,5,9-11,17H2,1-4H3. The number of nitrogens with two attached hydrogens (primary N) is 1. The Morgan fingerprint density at radius 2 is 2.00 bits per heavy atom. The van der Waals surface area contributed by atoms with Crippen LogP contribution in [0.2, 0.25) is 0 Å². The van der Waals surface area contributed by atoms with Crippen molar-refractivity contribution in [3.05, 3.63) is 29.6 Å². The minimum Gasteiger partial charge on any atom is -0.365 e. The number of nitrogens with zero attached hydrogens (tertiary/aromatic N) is 2. The molecule has 0 aliphatic rings. The predicted molar refractivity (Wildman–Crippen MR) is 80.2 cm³/mol. The van der Waals surface area contributed by atoms with Crippen LogP contribution in [0.1, 0.15) is 19.4 Å². The minimum absolute atomic E-state index is 0.154. The maximum Gasteiger partial charge on any atom is 0.146 e. The van der Waals surface area contributed by atoms with Crippen molar-refractivity contribution in [1.29, 1.82) is 0 Å². The monoisotopic (exact) mass is 267 g/mol. The molecule has 0 aliphatic carbocycles. The maximum absolute atomic E-state index is 14.2. The maximum atomic E-state index is 14.2. The molecule has 0 bridgehead atoms. The molecule has 1 unspecified atom stereocenters. The minimum atomic E-state index is -0.154. The number of halogens is 1. The second-order valence-electron chi connectivity index (χ2n) is 5.18. The van der Waals surface area contributed by atoms with E-state index >= 15 is 0 Å². The molecule has 3 nitrogen and oxygen atoms in total. The topological polar surface area (TPSA) is 32.5 Å². The first-order chi connectivity index (χ1) is 9.01. The van der Waals surface area contributed by atoms with Crippen LogP contribution in [0.15, 0.2) is 18.2 Å². The van der Waals surface area contributed by atoms with E-state index in [9.17, 15) is 4.39 Å². The molecule has 0 spiro atoms. The molecule has 0 saturated heterocycles. The van der Waals surface area contributed by atoms with Gasteiger partial charge in [-0.3, -0.25) is 0 Å². The van der Waals surface area contributed by atoms with Gasteiger partial charge in [-0.2, -0.15) is 0 Å². The van der Waals surface area contributed by atoms with Gasteiger partial charge >= 0.3 is 0 Å². The van der Waals surface area contributed by atoms with Crippen LogP contribution in [0.3, 0.4) is 0 Å². The summed E-state index contributed by atoms with van der Waals surface area (Å²) in [6, 6.07) is 5.51. The highest BCUT2D eigenvalue weighted by Gasteiger charge is 2.19. The van der Waals surface area contributed by atoms with E-state index < -0.39 is 0 Å². The number of para-hydroxylation sites is 1. The molecule has 19 heavy (non-hydrogen) atoms. The van der Waals surface area contributed by atoms with E-state index in [-0.39, 0.29) is 11.9 Å². The molecule has 1 aromatic carbocycles. The highest BCUT2D eigenvalue weighted by molar-refractivity contribution is 5.55. The van der Waals surface area contributed by atoms with Crippen molar-refractivity contribution in [2.24, 2.45) is 5.73 Å². The number of likely N-dealkylation sites (N-methyl/N-ethyl adjacent to an activating group) is 2. The molecule has 0 fully saturated rings. The Labute approximate surface area is 116 Å². The van der Waals surface area contributed by atoms with Crippen LogP contribution in [0, 0.1) is 5.82 Å². The average molecular weight is 267 g/mol. The Balaban J connectivity index is 3.09. The summed E-state index contributed by atoms with van der Waals surface area (Å²) in [4.78, 5) is 4.25. The molecule has 0 aromatic heterocycles. The molecule has 1 aromatic rings. The number of anilines is 1. The number of hydrogen-bond donors (Lipinski definition) is 1. The highest BCUT2D eigenvalue weighted by atomic mass is 19.1. The predicted octanol–water partition coefficient (Wildman–Crippen LogP) is 2.10. The van der Waals surface area contributed by atoms with E-state index in [0.29, 0.717) is 18.7 Å². The summed E-state index contributed by atoms with van der Waals surface area (Å²) in [7, 11) is 4.07. The largest absolute Gasteiger partial charge is 0.365 e. The van der Waals surface area contributed by atoms with Gasteiger partial charge in [-0.15, -0.1) is 0 Å². The van der Waals surface area contributed by atoms with Gasteiger partial charge < -0.3 is 15.5 Å². The van der Waals surface area contributed by atoms with E-state index in [1.54, 1.807) is 6.07 Å². The van der Waals surface area contributed by atoms with Gasteiger partial charge in [0.25, 0.3) is 0 Å². The van der Waals surface area contributed by atoms with Crippen LogP contribution in [0.4, 0.5) is 10.1 Å². The fourth-order valence-electron chi connectivity index (χ4n) is 2.56. The Hall–Kier alpha value is -1.13. The molecule has 1 atom stereocenters. The number of benzene rings is 1. The van der Waals surface area contributed by atoms with Gasteiger partial charge in [0.2, 0.25) is 0 Å². The van der Waals surface area contributed by atoms with Gasteiger partial charge in [0, 0.05) is 19.1 Å². The van der Waals surface area contributed by atoms with Gasteiger partial charge in [0.15, 0.2) is 0 Å². The molecule has 0 radical (unpaired) electrons. The Morgan fingerprint density at radius 1 is 1.32 bits per heavy atom. The second-order valence-corrected chi connectivity index (χ2v) is 5.18. The van der Waals surface area contributed by atoms with Crippen LogP contribution in [0.5, 0.6) is 0 Å². The lowest BCUT2D eigenvalue weighted by Crippen LogP contribution is -2.41. The quantitative estimate of drug-likeness (QED) is 0.821. The van der Waals surface area contributed by atoms with Gasteiger partial charge in [-0.1, -0.05) is 12.1 Å². The Morgan fingerprint density at radius 3 is 2.53 bits per heavy atom. The van der Waals surface area contributed by atoms with E-state index in [0.717, 1.165) is 18.7 Å². The summed E-state index contributed by atoms with van der Waals surface area (Å²) in [5.74, 6) is -0.154. The number of rotatable bonds is 7. The molecule has 0 heterocycles. The summed E-state index contributed by atoms with van der Waals surface area (Å²) >= 11 is 0. The van der Waals surface area contributed by atoms with Crippen molar-refractivity contribution in [3.8, 4) is 0 Å². The van der Waals surface area contributed by atoms with Gasteiger partial charge in [-0.05, 0) is 52.5 Å². The van der Waals surface area contributed by atoms with Crippen molar-refractivity contribution in [2.45, 2.75) is 26.3 Å². The van der Waals surface area contributed by atoms with Crippen LogP contribution in [-0.2, 0) is 6.42 Å². The third kappa shape index (κ3) is 4.18. The summed E-state index contributed by atoms with van der Waals surface area (Å²) in [6.07, 6.45) is 0.707. The van der Waals surface area contributed by atoms with Crippen molar-refractivity contribution in [2.75, 3.05) is 38.6 Å². The SMILES string of the molecule is CCN(c1c(F)cccc1CCN)C(C)CN(C)C. The second kappa shape index (κ2) is 7.46. The molecular weight excluding hydrogens is 241 g/mol. The fourth-order valence-corrected chi connectivity index (χ4v) is 2.56. The number of hydrogen-bond acceptors (Lipinski definition) is 3. The van der Waals surface area contributed by atoms with Gasteiger partial charge in [0.1, 0.15) is 5.82 Å². The van der Waals surface area contributed by atoms with Crippen molar-refractivity contribution in [3.63, 3.8) is 0 Å². The zero-order valence-electron chi connectivity index (χ0n) is 12.5. The average Bonchev–Trinajstić information content (AvgIpc) is 2.33.